The molecule has 1 N–H and O–H groups in total. The lowest BCUT2D eigenvalue weighted by Crippen LogP contribution is -2.08. The van der Waals surface area contributed by atoms with Crippen molar-refractivity contribution in [2.45, 2.75) is 38.8 Å². The fraction of sp³-hybridized carbons (Fsp3) is 0.400. The molecule has 0 saturated heterocycles. The van der Waals surface area contributed by atoms with Crippen LogP contribution in [0.25, 0.3) is 0 Å². The minimum absolute atomic E-state index is 0.544. The Kier molecular flexibility index (Phi) is 2.71. The SMILES string of the molecule is Cc1ccc(C)c(C(O)c2cncn2C2CC2)c1. The van der Waals surface area contributed by atoms with Gasteiger partial charge in [-0.2, -0.15) is 0 Å². The van der Waals surface area contributed by atoms with Crippen LogP contribution < -0.4 is 0 Å². The molecule has 1 saturated carbocycles. The summed E-state index contributed by atoms with van der Waals surface area (Å²) in [5.74, 6) is 0. The molecule has 94 valence electrons. The molecule has 1 atom stereocenters. The summed E-state index contributed by atoms with van der Waals surface area (Å²) in [7, 11) is 0. The van der Waals surface area contributed by atoms with E-state index >= 15 is 0 Å². The van der Waals surface area contributed by atoms with E-state index in [1.54, 1.807) is 6.20 Å². The van der Waals surface area contributed by atoms with Crippen molar-refractivity contribution >= 4 is 0 Å². The molecule has 3 rings (SSSR count). The highest BCUT2D eigenvalue weighted by molar-refractivity contribution is 5.36. The quantitative estimate of drug-likeness (QED) is 0.898. The summed E-state index contributed by atoms with van der Waals surface area (Å²) in [5.41, 5.74) is 4.19. The van der Waals surface area contributed by atoms with E-state index in [0.29, 0.717) is 6.04 Å². The molecule has 0 radical (unpaired) electrons. The van der Waals surface area contributed by atoms with E-state index < -0.39 is 6.10 Å². The van der Waals surface area contributed by atoms with Crippen LogP contribution in [0.3, 0.4) is 0 Å². The van der Waals surface area contributed by atoms with Gasteiger partial charge < -0.3 is 9.67 Å². The molecule has 0 spiro atoms. The van der Waals surface area contributed by atoms with Gasteiger partial charge in [-0.3, -0.25) is 0 Å². The topological polar surface area (TPSA) is 38.1 Å². The van der Waals surface area contributed by atoms with E-state index in [0.717, 1.165) is 16.8 Å². The average molecular weight is 242 g/mol. The summed E-state index contributed by atoms with van der Waals surface area (Å²) in [6.07, 6.45) is 5.44. The average Bonchev–Trinajstić information content (AvgIpc) is 3.09. The third kappa shape index (κ3) is 1.95. The zero-order chi connectivity index (χ0) is 12.7. The number of aromatic nitrogens is 2. The summed E-state index contributed by atoms with van der Waals surface area (Å²) in [6, 6.07) is 6.74. The summed E-state index contributed by atoms with van der Waals surface area (Å²) < 4.78 is 2.12. The van der Waals surface area contributed by atoms with Gasteiger partial charge in [-0.25, -0.2) is 4.98 Å². The van der Waals surface area contributed by atoms with Crippen LogP contribution in [-0.2, 0) is 0 Å². The van der Waals surface area contributed by atoms with Crippen molar-refractivity contribution in [1.82, 2.24) is 9.55 Å². The molecule has 1 aromatic carbocycles. The monoisotopic (exact) mass is 242 g/mol. The van der Waals surface area contributed by atoms with E-state index in [2.05, 4.69) is 27.8 Å². The molecule has 2 aromatic rings. The van der Waals surface area contributed by atoms with Gasteiger partial charge in [-0.15, -0.1) is 0 Å². The molecule has 1 heterocycles. The van der Waals surface area contributed by atoms with Crippen molar-refractivity contribution in [3.05, 3.63) is 53.1 Å². The largest absolute Gasteiger partial charge is 0.382 e. The Hall–Kier alpha value is -1.61. The lowest BCUT2D eigenvalue weighted by Gasteiger charge is -2.16. The number of benzene rings is 1. The minimum atomic E-state index is -0.576. The summed E-state index contributed by atoms with van der Waals surface area (Å²) in [6.45, 7) is 4.09. The van der Waals surface area contributed by atoms with Crippen molar-refractivity contribution in [3.63, 3.8) is 0 Å². The Morgan fingerprint density at radius 2 is 2.11 bits per heavy atom. The predicted octanol–water partition coefficient (Wildman–Crippen LogP) is 2.92. The van der Waals surface area contributed by atoms with Crippen LogP contribution in [0.15, 0.2) is 30.7 Å². The second kappa shape index (κ2) is 4.25. The molecule has 0 aliphatic heterocycles. The number of hydrogen-bond acceptors (Lipinski definition) is 2. The summed E-state index contributed by atoms with van der Waals surface area (Å²) in [4.78, 5) is 4.19. The van der Waals surface area contributed by atoms with Gasteiger partial charge in [0.25, 0.3) is 0 Å². The molecular formula is C15H18N2O. The van der Waals surface area contributed by atoms with E-state index in [1.165, 1.54) is 18.4 Å². The van der Waals surface area contributed by atoms with E-state index in [1.807, 2.05) is 20.2 Å². The number of aliphatic hydroxyl groups excluding tert-OH is 1. The highest BCUT2D eigenvalue weighted by Gasteiger charge is 2.28. The Labute approximate surface area is 107 Å². The first kappa shape index (κ1) is 11.5. The van der Waals surface area contributed by atoms with Crippen LogP contribution >= 0.6 is 0 Å². The smallest absolute Gasteiger partial charge is 0.121 e. The molecule has 1 aromatic heterocycles. The summed E-state index contributed by atoms with van der Waals surface area (Å²) in [5, 5.41) is 10.6. The molecular weight excluding hydrogens is 224 g/mol. The zero-order valence-corrected chi connectivity index (χ0v) is 10.8. The second-order valence-corrected chi connectivity index (χ2v) is 5.22. The fourth-order valence-corrected chi connectivity index (χ4v) is 2.40. The summed E-state index contributed by atoms with van der Waals surface area (Å²) >= 11 is 0. The molecule has 1 fully saturated rings. The normalized spacial score (nSPS) is 16.8. The molecule has 3 heteroatoms. The standard InChI is InChI=1S/C15H18N2O/c1-10-3-4-11(2)13(7-10)15(18)14-8-16-9-17(14)12-5-6-12/h3-4,7-9,12,15,18H,5-6H2,1-2H3. The van der Waals surface area contributed by atoms with Gasteiger partial charge >= 0.3 is 0 Å². The van der Waals surface area contributed by atoms with Crippen LogP contribution in [0.2, 0.25) is 0 Å². The van der Waals surface area contributed by atoms with E-state index in [4.69, 9.17) is 0 Å². The third-order valence-corrected chi connectivity index (χ3v) is 3.65. The first-order valence-corrected chi connectivity index (χ1v) is 6.44. The van der Waals surface area contributed by atoms with Gasteiger partial charge in [0, 0.05) is 6.04 Å². The number of aliphatic hydroxyl groups is 1. The molecule has 0 bridgehead atoms. The van der Waals surface area contributed by atoms with Gasteiger partial charge in [0.2, 0.25) is 0 Å². The predicted molar refractivity (Wildman–Crippen MR) is 70.5 cm³/mol. The van der Waals surface area contributed by atoms with Gasteiger partial charge in [0.15, 0.2) is 0 Å². The van der Waals surface area contributed by atoms with Crippen LogP contribution in [0.4, 0.5) is 0 Å². The highest BCUT2D eigenvalue weighted by Crippen LogP contribution is 2.38. The molecule has 1 unspecified atom stereocenters. The van der Waals surface area contributed by atoms with Gasteiger partial charge in [0.1, 0.15) is 6.10 Å². The number of aryl methyl sites for hydroxylation is 2. The number of imidazole rings is 1. The highest BCUT2D eigenvalue weighted by atomic mass is 16.3. The number of rotatable bonds is 3. The maximum Gasteiger partial charge on any atom is 0.121 e. The lowest BCUT2D eigenvalue weighted by atomic mass is 9.99. The molecule has 18 heavy (non-hydrogen) atoms. The Bertz CT molecular complexity index is 570. The maximum absolute atomic E-state index is 10.6. The first-order chi connectivity index (χ1) is 8.66. The lowest BCUT2D eigenvalue weighted by molar-refractivity contribution is 0.209. The number of hydrogen-bond donors (Lipinski definition) is 1. The minimum Gasteiger partial charge on any atom is -0.382 e. The zero-order valence-electron chi connectivity index (χ0n) is 10.8. The van der Waals surface area contributed by atoms with Crippen LogP contribution in [-0.4, -0.2) is 14.7 Å². The molecule has 1 aliphatic rings. The van der Waals surface area contributed by atoms with Gasteiger partial charge in [-0.05, 0) is 37.8 Å². The number of nitrogens with zero attached hydrogens (tertiary/aromatic N) is 2. The van der Waals surface area contributed by atoms with Crippen molar-refractivity contribution in [1.29, 1.82) is 0 Å². The fourth-order valence-electron chi connectivity index (χ4n) is 2.40. The first-order valence-electron chi connectivity index (χ1n) is 6.44. The maximum atomic E-state index is 10.6. The van der Waals surface area contributed by atoms with Crippen LogP contribution in [0.1, 0.15) is 47.4 Å². The van der Waals surface area contributed by atoms with Crippen molar-refractivity contribution in [3.8, 4) is 0 Å². The molecule has 3 nitrogen and oxygen atoms in total. The molecule has 1 aliphatic carbocycles. The van der Waals surface area contributed by atoms with Crippen LogP contribution in [0.5, 0.6) is 0 Å². The van der Waals surface area contributed by atoms with Crippen molar-refractivity contribution in [2.75, 3.05) is 0 Å². The Morgan fingerprint density at radius 1 is 1.33 bits per heavy atom. The van der Waals surface area contributed by atoms with Gasteiger partial charge in [0.05, 0.1) is 18.2 Å². The Balaban J connectivity index is 2.00. The third-order valence-electron chi connectivity index (χ3n) is 3.65. The van der Waals surface area contributed by atoms with Crippen molar-refractivity contribution in [2.24, 2.45) is 0 Å². The van der Waals surface area contributed by atoms with E-state index in [-0.39, 0.29) is 0 Å². The van der Waals surface area contributed by atoms with E-state index in [9.17, 15) is 5.11 Å². The van der Waals surface area contributed by atoms with Gasteiger partial charge in [-0.1, -0.05) is 23.8 Å². The molecule has 0 amide bonds. The van der Waals surface area contributed by atoms with Crippen LogP contribution in [0, 0.1) is 13.8 Å². The Morgan fingerprint density at radius 3 is 2.83 bits per heavy atom. The van der Waals surface area contributed by atoms with Crippen molar-refractivity contribution < 1.29 is 5.11 Å². The second-order valence-electron chi connectivity index (χ2n) is 5.22.